The molecule has 7 nitrogen and oxygen atoms in total. The Bertz CT molecular complexity index is 1870. The van der Waals surface area contributed by atoms with E-state index in [0.29, 0.717) is 28.3 Å². The average Bonchev–Trinajstić information content (AvgIpc) is 3.33. The first-order valence-electron chi connectivity index (χ1n) is 13.7. The molecule has 0 atom stereocenters. The van der Waals surface area contributed by atoms with Crippen molar-refractivity contribution < 1.29 is 23.9 Å². The molecule has 2 aliphatic rings. The number of carbonyl (C=O) groups excluding carboxylic acids is 4. The second-order valence-corrected chi connectivity index (χ2v) is 11.6. The van der Waals surface area contributed by atoms with Crippen molar-refractivity contribution in [3.8, 4) is 11.5 Å². The van der Waals surface area contributed by atoms with Gasteiger partial charge in [-0.15, -0.1) is 0 Å². The third kappa shape index (κ3) is 4.12. The van der Waals surface area contributed by atoms with Crippen molar-refractivity contribution in [2.24, 2.45) is 0 Å². The van der Waals surface area contributed by atoms with Crippen molar-refractivity contribution in [2.75, 3.05) is 11.9 Å². The molecule has 6 rings (SSSR count). The van der Waals surface area contributed by atoms with Crippen LogP contribution in [0.25, 0.3) is 0 Å². The zero-order valence-electron chi connectivity index (χ0n) is 24.4. The van der Waals surface area contributed by atoms with Gasteiger partial charge in [0, 0.05) is 12.5 Å². The molecule has 0 aliphatic carbocycles. The Morgan fingerprint density at radius 3 is 1.64 bits per heavy atom. The van der Waals surface area contributed by atoms with Crippen molar-refractivity contribution in [1.29, 1.82) is 0 Å². The zero-order valence-corrected chi connectivity index (χ0v) is 24.4. The monoisotopic (exact) mass is 558 g/mol. The first kappa shape index (κ1) is 27.1. The summed E-state index contributed by atoms with van der Waals surface area (Å²) >= 11 is 0. The highest BCUT2D eigenvalue weighted by molar-refractivity contribution is 6.34. The molecule has 0 bridgehead atoms. The molecule has 2 aliphatic heterocycles. The van der Waals surface area contributed by atoms with Crippen molar-refractivity contribution in [3.63, 3.8) is 0 Å². The second-order valence-electron chi connectivity index (χ2n) is 11.6. The second kappa shape index (κ2) is 9.52. The van der Waals surface area contributed by atoms with Crippen LogP contribution in [0.15, 0.2) is 72.8 Å². The third-order valence-electron chi connectivity index (χ3n) is 8.54. The smallest absolute Gasteiger partial charge is 0.266 e. The molecule has 0 spiro atoms. The number of amides is 4. The van der Waals surface area contributed by atoms with Gasteiger partial charge in [-0.2, -0.15) is 0 Å². The van der Waals surface area contributed by atoms with Gasteiger partial charge in [0.05, 0.1) is 27.9 Å². The summed E-state index contributed by atoms with van der Waals surface area (Å²) in [6, 6.07) is 21.7. The molecule has 7 heteroatoms. The summed E-state index contributed by atoms with van der Waals surface area (Å²) in [4.78, 5) is 53.8. The lowest BCUT2D eigenvalue weighted by Gasteiger charge is -2.28. The van der Waals surface area contributed by atoms with Gasteiger partial charge in [-0.05, 0) is 91.1 Å². The highest BCUT2D eigenvalue weighted by atomic mass is 16.5. The van der Waals surface area contributed by atoms with Crippen LogP contribution in [0.1, 0.15) is 83.1 Å². The first-order valence-corrected chi connectivity index (χ1v) is 13.7. The number of hydrogen-bond donors (Lipinski definition) is 0. The number of rotatable bonds is 5. The lowest BCUT2D eigenvalue weighted by molar-refractivity contribution is 0.0692. The van der Waals surface area contributed by atoms with Gasteiger partial charge >= 0.3 is 0 Å². The number of aryl methyl sites for hydroxylation is 3. The molecule has 4 aromatic rings. The summed E-state index contributed by atoms with van der Waals surface area (Å²) in [6.45, 7) is 10.4. The summed E-state index contributed by atoms with van der Waals surface area (Å²) in [5.41, 5.74) is 6.94. The zero-order chi connectivity index (χ0) is 30.1. The third-order valence-corrected chi connectivity index (χ3v) is 8.54. The maximum absolute atomic E-state index is 13.6. The van der Waals surface area contributed by atoms with E-state index >= 15 is 0 Å². The Hall–Kier alpha value is -5.04. The van der Waals surface area contributed by atoms with Crippen molar-refractivity contribution in [1.82, 2.24) is 4.90 Å². The van der Waals surface area contributed by atoms with Gasteiger partial charge in [0.2, 0.25) is 0 Å². The SMILES string of the molecule is Cc1ccc(C(C)(C)c2ccc(N3C(=O)c4ccc(Oc5ccc6c(c5)C(=O)N(C)C6=O)cc4C3=O)c(C)c2)cc1C. The van der Waals surface area contributed by atoms with Gasteiger partial charge in [-0.3, -0.25) is 24.1 Å². The lowest BCUT2D eigenvalue weighted by atomic mass is 9.77. The van der Waals surface area contributed by atoms with Gasteiger partial charge in [0.1, 0.15) is 11.5 Å². The molecule has 0 saturated carbocycles. The molecular weight excluding hydrogens is 528 g/mol. The van der Waals surface area contributed by atoms with Gasteiger partial charge in [-0.1, -0.05) is 44.2 Å². The molecule has 4 aromatic carbocycles. The van der Waals surface area contributed by atoms with Crippen LogP contribution in [0.5, 0.6) is 11.5 Å². The molecule has 0 aromatic heterocycles. The fraction of sp³-hybridized carbons (Fsp3) is 0.200. The van der Waals surface area contributed by atoms with E-state index in [-0.39, 0.29) is 22.4 Å². The quantitative estimate of drug-likeness (QED) is 0.253. The number of carbonyl (C=O) groups is 4. The van der Waals surface area contributed by atoms with Crippen LogP contribution in [0.3, 0.4) is 0 Å². The minimum absolute atomic E-state index is 0.239. The van der Waals surface area contributed by atoms with E-state index in [9.17, 15) is 19.2 Å². The van der Waals surface area contributed by atoms with Crippen LogP contribution in [0, 0.1) is 20.8 Å². The number of hydrogen-bond acceptors (Lipinski definition) is 5. The van der Waals surface area contributed by atoms with E-state index in [1.807, 2.05) is 25.1 Å². The number of imide groups is 2. The minimum atomic E-state index is -0.430. The maximum Gasteiger partial charge on any atom is 0.266 e. The molecule has 0 fully saturated rings. The Labute approximate surface area is 244 Å². The minimum Gasteiger partial charge on any atom is -0.457 e. The number of ether oxygens (including phenoxy) is 1. The maximum atomic E-state index is 13.6. The van der Waals surface area contributed by atoms with Crippen molar-refractivity contribution in [3.05, 3.63) is 123 Å². The number of nitrogens with zero attached hydrogens (tertiary/aromatic N) is 2. The summed E-state index contributed by atoms with van der Waals surface area (Å²) in [5.74, 6) is -0.901. The van der Waals surface area contributed by atoms with E-state index in [2.05, 4.69) is 45.9 Å². The number of anilines is 1. The predicted molar refractivity (Wildman–Crippen MR) is 160 cm³/mol. The lowest BCUT2D eigenvalue weighted by Crippen LogP contribution is -2.30. The van der Waals surface area contributed by atoms with Crippen molar-refractivity contribution in [2.45, 2.75) is 40.0 Å². The van der Waals surface area contributed by atoms with Crippen LogP contribution in [-0.4, -0.2) is 35.6 Å². The first-order chi connectivity index (χ1) is 19.9. The molecule has 0 N–H and O–H groups in total. The molecule has 2 heterocycles. The molecule has 0 radical (unpaired) electrons. The topological polar surface area (TPSA) is 84.0 Å². The van der Waals surface area contributed by atoms with Crippen LogP contribution in [-0.2, 0) is 5.41 Å². The molecule has 210 valence electrons. The van der Waals surface area contributed by atoms with Crippen molar-refractivity contribution >= 4 is 29.3 Å². The van der Waals surface area contributed by atoms with E-state index in [0.717, 1.165) is 16.0 Å². The number of fused-ring (bicyclic) bond motifs is 2. The largest absolute Gasteiger partial charge is 0.457 e. The Kier molecular flexibility index (Phi) is 6.15. The summed E-state index contributed by atoms with van der Waals surface area (Å²) in [6.07, 6.45) is 0. The molecule has 0 saturated heterocycles. The van der Waals surface area contributed by atoms with Gasteiger partial charge in [0.15, 0.2) is 0 Å². The van der Waals surface area contributed by atoms with E-state index in [1.54, 1.807) is 24.3 Å². The van der Waals surface area contributed by atoms with Gasteiger partial charge in [-0.25, -0.2) is 4.90 Å². The molecular formula is C35H30N2O5. The summed E-state index contributed by atoms with van der Waals surface area (Å²) in [7, 11) is 1.43. The molecule has 4 amide bonds. The fourth-order valence-corrected chi connectivity index (χ4v) is 5.63. The average molecular weight is 559 g/mol. The van der Waals surface area contributed by atoms with E-state index in [1.165, 1.54) is 40.8 Å². The normalized spacial score (nSPS) is 14.5. The fourth-order valence-electron chi connectivity index (χ4n) is 5.63. The molecule has 0 unspecified atom stereocenters. The predicted octanol–water partition coefficient (Wildman–Crippen LogP) is 6.76. The van der Waals surface area contributed by atoms with Crippen LogP contribution < -0.4 is 9.64 Å². The van der Waals surface area contributed by atoms with Gasteiger partial charge < -0.3 is 4.74 Å². The highest BCUT2D eigenvalue weighted by Gasteiger charge is 2.38. The Balaban J connectivity index is 1.27. The van der Waals surface area contributed by atoms with Crippen LogP contribution in [0.4, 0.5) is 5.69 Å². The van der Waals surface area contributed by atoms with E-state index < -0.39 is 17.7 Å². The van der Waals surface area contributed by atoms with E-state index in [4.69, 9.17) is 4.74 Å². The van der Waals surface area contributed by atoms with Gasteiger partial charge in [0.25, 0.3) is 23.6 Å². The summed E-state index contributed by atoms with van der Waals surface area (Å²) in [5, 5.41) is 0. The molecule has 42 heavy (non-hydrogen) atoms. The summed E-state index contributed by atoms with van der Waals surface area (Å²) < 4.78 is 5.94. The van der Waals surface area contributed by atoms with Crippen LogP contribution in [0.2, 0.25) is 0 Å². The standard InChI is InChI=1S/C35H30N2O5/c1-19-7-8-22(15-20(19)2)35(4,5)23-9-14-30(21(3)16-23)37-33(40)27-13-11-25(18-29(27)34(37)41)42-24-10-12-26-28(17-24)32(39)36(6)31(26)38/h7-18H,1-6H3. The van der Waals surface area contributed by atoms with Crippen LogP contribution >= 0.6 is 0 Å². The Morgan fingerprint density at radius 2 is 1.05 bits per heavy atom. The Morgan fingerprint density at radius 1 is 0.548 bits per heavy atom. The number of benzene rings is 4. The highest BCUT2D eigenvalue weighted by Crippen LogP contribution is 2.38.